The van der Waals surface area contributed by atoms with Gasteiger partial charge >= 0.3 is 0 Å². The smallest absolute Gasteiger partial charge is 0.236 e. The molecule has 1 aliphatic rings. The van der Waals surface area contributed by atoms with Crippen molar-refractivity contribution in [3.63, 3.8) is 0 Å². The van der Waals surface area contributed by atoms with Crippen molar-refractivity contribution in [2.24, 2.45) is 5.73 Å². The van der Waals surface area contributed by atoms with E-state index in [1.54, 1.807) is 26.4 Å². The molecule has 1 aliphatic heterocycles. The van der Waals surface area contributed by atoms with Crippen molar-refractivity contribution in [2.75, 3.05) is 32.2 Å². The Morgan fingerprint density at radius 3 is 2.54 bits per heavy atom. The molecule has 3 aromatic rings. The van der Waals surface area contributed by atoms with Crippen molar-refractivity contribution in [1.82, 2.24) is 14.4 Å². The minimum Gasteiger partial charge on any atom is -0.496 e. The van der Waals surface area contributed by atoms with E-state index in [1.165, 1.54) is 0 Å². The average Bonchev–Trinajstić information content (AvgIpc) is 3.26. The highest BCUT2D eigenvalue weighted by Gasteiger charge is 2.21. The van der Waals surface area contributed by atoms with Crippen molar-refractivity contribution in [3.8, 4) is 22.8 Å². The highest BCUT2D eigenvalue weighted by atomic mass is 35.5. The van der Waals surface area contributed by atoms with Gasteiger partial charge < -0.3 is 20.1 Å². The van der Waals surface area contributed by atoms with E-state index >= 15 is 0 Å². The van der Waals surface area contributed by atoms with E-state index in [-0.39, 0.29) is 30.9 Å². The number of fused-ring (bicyclic) bond motifs is 1. The minimum absolute atomic E-state index is 0. The second-order valence-electron chi connectivity index (χ2n) is 6.30. The molecular formula is C18H22Cl3N5O2. The normalized spacial score (nSPS) is 15.9. The number of nitrogens with zero attached hydrogens (tertiary/aromatic N) is 4. The monoisotopic (exact) mass is 445 g/mol. The Labute approximate surface area is 180 Å². The van der Waals surface area contributed by atoms with Gasteiger partial charge in [0.2, 0.25) is 5.78 Å². The number of nitrogens with two attached hydrogens (primary N) is 1. The van der Waals surface area contributed by atoms with E-state index < -0.39 is 0 Å². The fourth-order valence-electron chi connectivity index (χ4n) is 3.22. The van der Waals surface area contributed by atoms with Gasteiger partial charge in [-0.05, 0) is 18.6 Å². The third-order valence-electron chi connectivity index (χ3n) is 4.61. The molecule has 2 aromatic heterocycles. The van der Waals surface area contributed by atoms with Crippen molar-refractivity contribution in [1.29, 1.82) is 0 Å². The lowest BCUT2D eigenvalue weighted by Crippen LogP contribution is -2.26. The maximum Gasteiger partial charge on any atom is 0.236 e. The molecule has 0 unspecified atom stereocenters. The summed E-state index contributed by atoms with van der Waals surface area (Å²) in [5.74, 6) is 2.71. The number of anilines is 1. The van der Waals surface area contributed by atoms with Crippen LogP contribution in [0.2, 0.25) is 5.02 Å². The lowest BCUT2D eigenvalue weighted by atomic mass is 10.1. The number of methoxy groups -OCH3 is 2. The zero-order chi connectivity index (χ0) is 18.3. The summed E-state index contributed by atoms with van der Waals surface area (Å²) in [6, 6.07) is 5.73. The van der Waals surface area contributed by atoms with E-state index in [0.717, 1.165) is 36.6 Å². The first-order valence-corrected chi connectivity index (χ1v) is 8.75. The molecule has 0 spiro atoms. The lowest BCUT2D eigenvalue weighted by molar-refractivity contribution is 0.395. The number of benzene rings is 1. The van der Waals surface area contributed by atoms with Crippen LogP contribution in [0.5, 0.6) is 11.5 Å². The molecule has 7 nitrogen and oxygen atoms in total. The van der Waals surface area contributed by atoms with Gasteiger partial charge in [-0.2, -0.15) is 4.98 Å². The van der Waals surface area contributed by atoms with Crippen LogP contribution in [0.1, 0.15) is 6.42 Å². The van der Waals surface area contributed by atoms with Gasteiger partial charge in [0, 0.05) is 43.2 Å². The molecule has 152 valence electrons. The Morgan fingerprint density at radius 1 is 1.14 bits per heavy atom. The van der Waals surface area contributed by atoms with Crippen molar-refractivity contribution < 1.29 is 9.47 Å². The van der Waals surface area contributed by atoms with Gasteiger partial charge in [0.1, 0.15) is 17.3 Å². The van der Waals surface area contributed by atoms with E-state index in [4.69, 9.17) is 26.8 Å². The van der Waals surface area contributed by atoms with E-state index in [0.29, 0.717) is 22.3 Å². The zero-order valence-corrected chi connectivity index (χ0v) is 17.9. The molecule has 2 N–H and O–H groups in total. The number of hydrogen-bond donors (Lipinski definition) is 1. The summed E-state index contributed by atoms with van der Waals surface area (Å²) in [6.07, 6.45) is 4.84. The van der Waals surface area contributed by atoms with Gasteiger partial charge in [-0.15, -0.1) is 24.8 Å². The van der Waals surface area contributed by atoms with Gasteiger partial charge in [0.05, 0.1) is 24.9 Å². The molecular weight excluding hydrogens is 425 g/mol. The second-order valence-corrected chi connectivity index (χ2v) is 6.71. The van der Waals surface area contributed by atoms with Gasteiger partial charge in [0.25, 0.3) is 0 Å². The molecule has 1 fully saturated rings. The highest BCUT2D eigenvalue weighted by molar-refractivity contribution is 6.32. The number of rotatable bonds is 4. The summed E-state index contributed by atoms with van der Waals surface area (Å²) < 4.78 is 12.6. The second kappa shape index (κ2) is 9.05. The van der Waals surface area contributed by atoms with Crippen LogP contribution in [0, 0.1) is 0 Å². The first-order chi connectivity index (χ1) is 12.6. The molecule has 28 heavy (non-hydrogen) atoms. The Morgan fingerprint density at radius 2 is 1.89 bits per heavy atom. The van der Waals surface area contributed by atoms with Gasteiger partial charge in [-0.1, -0.05) is 11.6 Å². The molecule has 3 heterocycles. The molecule has 4 rings (SSSR count). The summed E-state index contributed by atoms with van der Waals surface area (Å²) >= 11 is 6.28. The maximum atomic E-state index is 6.28. The molecule has 1 aromatic carbocycles. The summed E-state index contributed by atoms with van der Waals surface area (Å²) in [4.78, 5) is 11.5. The van der Waals surface area contributed by atoms with Crippen LogP contribution in [0.3, 0.4) is 0 Å². The van der Waals surface area contributed by atoms with Crippen LogP contribution in [-0.4, -0.2) is 47.7 Å². The summed E-state index contributed by atoms with van der Waals surface area (Å²) in [7, 11) is 3.18. The fraction of sp³-hybridized carbons (Fsp3) is 0.333. The molecule has 0 aliphatic carbocycles. The van der Waals surface area contributed by atoms with Gasteiger partial charge in [0.15, 0.2) is 0 Å². The van der Waals surface area contributed by atoms with E-state index in [1.807, 2.05) is 22.9 Å². The topological polar surface area (TPSA) is 77.9 Å². The number of aromatic nitrogens is 3. The molecule has 0 radical (unpaired) electrons. The van der Waals surface area contributed by atoms with Crippen LogP contribution in [0.25, 0.3) is 17.0 Å². The highest BCUT2D eigenvalue weighted by Crippen LogP contribution is 2.38. The first-order valence-electron chi connectivity index (χ1n) is 8.37. The zero-order valence-electron chi connectivity index (χ0n) is 15.5. The van der Waals surface area contributed by atoms with Crippen molar-refractivity contribution >= 4 is 48.0 Å². The van der Waals surface area contributed by atoms with E-state index in [9.17, 15) is 0 Å². The van der Waals surface area contributed by atoms with Crippen LogP contribution < -0.4 is 20.1 Å². The Kier molecular flexibility index (Phi) is 7.22. The van der Waals surface area contributed by atoms with Crippen LogP contribution in [0.15, 0.2) is 30.6 Å². The molecule has 0 bridgehead atoms. The molecule has 0 amide bonds. The average molecular weight is 447 g/mol. The minimum atomic E-state index is 0. The summed E-state index contributed by atoms with van der Waals surface area (Å²) in [5.41, 5.74) is 7.51. The molecule has 0 saturated carbocycles. The standard InChI is InChI=1S/C18H20ClN5O2.2ClH/c1-25-15-8-16(26-2)13(19)7-12(15)14-10-24-6-4-17(22-18(24)21-14)23-5-3-11(20)9-23;;/h4,6-8,10-11H,3,5,9,20H2,1-2H3;2*1H/t11-;;/m0../s1. The summed E-state index contributed by atoms with van der Waals surface area (Å²) in [5, 5.41) is 0.500. The Hall–Kier alpha value is -1.93. The molecule has 10 heteroatoms. The predicted octanol–water partition coefficient (Wildman–Crippen LogP) is 3.45. The van der Waals surface area contributed by atoms with Gasteiger partial charge in [-0.3, -0.25) is 4.40 Å². The maximum absolute atomic E-state index is 6.28. The molecule has 1 atom stereocenters. The first kappa shape index (κ1) is 22.4. The predicted molar refractivity (Wildman–Crippen MR) is 116 cm³/mol. The number of hydrogen-bond acceptors (Lipinski definition) is 6. The number of halogens is 3. The fourth-order valence-corrected chi connectivity index (χ4v) is 3.47. The number of imidazole rings is 1. The number of ether oxygens (including phenoxy) is 2. The quantitative estimate of drug-likeness (QED) is 0.661. The lowest BCUT2D eigenvalue weighted by Gasteiger charge is -2.16. The van der Waals surface area contributed by atoms with Crippen LogP contribution >= 0.6 is 36.4 Å². The largest absolute Gasteiger partial charge is 0.496 e. The molecule has 1 saturated heterocycles. The third-order valence-corrected chi connectivity index (χ3v) is 4.91. The van der Waals surface area contributed by atoms with Crippen LogP contribution in [-0.2, 0) is 0 Å². The van der Waals surface area contributed by atoms with Crippen molar-refractivity contribution in [2.45, 2.75) is 12.5 Å². The summed E-state index contributed by atoms with van der Waals surface area (Å²) in [6.45, 7) is 1.73. The van der Waals surface area contributed by atoms with Crippen molar-refractivity contribution in [3.05, 3.63) is 35.6 Å². The van der Waals surface area contributed by atoms with Crippen LogP contribution in [0.4, 0.5) is 5.82 Å². The Bertz CT molecular complexity index is 966. The Balaban J connectivity index is 0.00000140. The van der Waals surface area contributed by atoms with E-state index in [2.05, 4.69) is 14.9 Å². The SMILES string of the molecule is COc1cc(OC)c(-c2cn3ccc(N4CC[C@H](N)C4)nc3n2)cc1Cl.Cl.Cl. The third kappa shape index (κ3) is 4.07. The van der Waals surface area contributed by atoms with Gasteiger partial charge in [-0.25, -0.2) is 4.98 Å².